The normalized spacial score (nSPS) is 17.8. The number of anilines is 1. The van der Waals surface area contributed by atoms with Crippen LogP contribution in [0.1, 0.15) is 27.2 Å². The van der Waals surface area contributed by atoms with Crippen LogP contribution in [0.15, 0.2) is 12.1 Å². The molecule has 0 aliphatic carbocycles. The molecule has 0 saturated carbocycles. The van der Waals surface area contributed by atoms with E-state index in [0.717, 1.165) is 6.07 Å². The van der Waals surface area contributed by atoms with Gasteiger partial charge in [-0.2, -0.15) is 0 Å². The molecule has 138 valence electrons. The van der Waals surface area contributed by atoms with Gasteiger partial charge in [-0.15, -0.1) is 0 Å². The van der Waals surface area contributed by atoms with Crippen LogP contribution in [0, 0.1) is 17.6 Å². The van der Waals surface area contributed by atoms with E-state index >= 15 is 0 Å². The topological polar surface area (TPSA) is 52.7 Å². The summed E-state index contributed by atoms with van der Waals surface area (Å²) < 4.78 is 26.7. The summed E-state index contributed by atoms with van der Waals surface area (Å²) in [4.78, 5) is 27.5. The number of halogens is 3. The van der Waals surface area contributed by atoms with Crippen LogP contribution in [0.3, 0.4) is 0 Å². The molecule has 1 aliphatic rings. The minimum absolute atomic E-state index is 0.00203. The monoisotopic (exact) mass is 373 g/mol. The van der Waals surface area contributed by atoms with Crippen molar-refractivity contribution in [3.63, 3.8) is 0 Å². The number of benzene rings is 1. The molecule has 25 heavy (non-hydrogen) atoms. The number of nitrogens with zero attached hydrogens (tertiary/aromatic N) is 2. The second kappa shape index (κ2) is 7.15. The number of nitrogens with one attached hydrogen (secondary N) is 1. The van der Waals surface area contributed by atoms with Gasteiger partial charge in [0.15, 0.2) is 0 Å². The predicted molar refractivity (Wildman–Crippen MR) is 92.6 cm³/mol. The van der Waals surface area contributed by atoms with E-state index in [4.69, 9.17) is 11.6 Å². The molecule has 8 heteroatoms. The average Bonchev–Trinajstić information content (AvgIpc) is 2.84. The van der Waals surface area contributed by atoms with Crippen molar-refractivity contribution in [2.45, 2.75) is 32.7 Å². The van der Waals surface area contributed by atoms with E-state index in [1.807, 2.05) is 20.8 Å². The second-order valence-electron chi connectivity index (χ2n) is 7.31. The van der Waals surface area contributed by atoms with Crippen LogP contribution in [0.4, 0.5) is 19.3 Å². The summed E-state index contributed by atoms with van der Waals surface area (Å²) in [5.41, 5.74) is -0.394. The first kappa shape index (κ1) is 19.4. The molecule has 1 heterocycles. The molecule has 1 N–H and O–H groups in total. The van der Waals surface area contributed by atoms with Crippen molar-refractivity contribution in [3.8, 4) is 0 Å². The molecule has 1 fully saturated rings. The Morgan fingerprint density at radius 3 is 2.60 bits per heavy atom. The number of amides is 3. The Kier molecular flexibility index (Phi) is 5.56. The van der Waals surface area contributed by atoms with Gasteiger partial charge in [-0.25, -0.2) is 13.6 Å². The van der Waals surface area contributed by atoms with Gasteiger partial charge in [0.05, 0.1) is 5.69 Å². The lowest BCUT2D eigenvalue weighted by Gasteiger charge is -2.32. The molecule has 1 aromatic rings. The molecule has 0 unspecified atom stereocenters. The largest absolute Gasteiger partial charge is 0.337 e. The van der Waals surface area contributed by atoms with Gasteiger partial charge in [0.2, 0.25) is 5.91 Å². The SMILES string of the molecule is CN(C[C@H]1CC(=O)N(C(C)(C)C)C1)C(=O)Nc1cc(F)cc(F)c1Cl. The van der Waals surface area contributed by atoms with Crippen LogP contribution in [-0.2, 0) is 4.79 Å². The quantitative estimate of drug-likeness (QED) is 0.821. The van der Waals surface area contributed by atoms with E-state index in [1.165, 1.54) is 4.90 Å². The van der Waals surface area contributed by atoms with E-state index in [0.29, 0.717) is 25.6 Å². The van der Waals surface area contributed by atoms with Crippen LogP contribution in [-0.4, -0.2) is 47.4 Å². The number of hydrogen-bond acceptors (Lipinski definition) is 2. The van der Waals surface area contributed by atoms with Crippen LogP contribution in [0.25, 0.3) is 0 Å². The van der Waals surface area contributed by atoms with Gasteiger partial charge < -0.3 is 15.1 Å². The smallest absolute Gasteiger partial charge is 0.321 e. The Balaban J connectivity index is 1.99. The molecule has 1 saturated heterocycles. The van der Waals surface area contributed by atoms with Crippen molar-refractivity contribution >= 4 is 29.2 Å². The zero-order valence-corrected chi connectivity index (χ0v) is 15.5. The van der Waals surface area contributed by atoms with Crippen molar-refractivity contribution in [1.29, 1.82) is 0 Å². The molecule has 1 atom stereocenters. The highest BCUT2D eigenvalue weighted by atomic mass is 35.5. The third-order valence-corrected chi connectivity index (χ3v) is 4.51. The van der Waals surface area contributed by atoms with Gasteiger partial charge in [0.1, 0.15) is 16.7 Å². The van der Waals surface area contributed by atoms with Crippen LogP contribution in [0.2, 0.25) is 5.02 Å². The Morgan fingerprint density at radius 2 is 2.04 bits per heavy atom. The van der Waals surface area contributed by atoms with Gasteiger partial charge in [-0.05, 0) is 26.8 Å². The van der Waals surface area contributed by atoms with Crippen LogP contribution >= 0.6 is 11.6 Å². The summed E-state index contributed by atoms with van der Waals surface area (Å²) in [5.74, 6) is -1.72. The number of hydrogen-bond donors (Lipinski definition) is 1. The third kappa shape index (κ3) is 4.60. The molecule has 3 amide bonds. The Hall–Kier alpha value is -1.89. The maximum absolute atomic E-state index is 13.4. The highest BCUT2D eigenvalue weighted by molar-refractivity contribution is 6.33. The van der Waals surface area contributed by atoms with Crippen molar-refractivity contribution in [2.75, 3.05) is 25.5 Å². The minimum atomic E-state index is -0.943. The summed E-state index contributed by atoms with van der Waals surface area (Å²) in [5, 5.41) is 2.05. The zero-order chi connectivity index (χ0) is 18.9. The fourth-order valence-electron chi connectivity index (χ4n) is 2.88. The van der Waals surface area contributed by atoms with E-state index in [1.54, 1.807) is 11.9 Å². The van der Waals surface area contributed by atoms with Crippen molar-refractivity contribution in [3.05, 3.63) is 28.8 Å². The van der Waals surface area contributed by atoms with E-state index in [9.17, 15) is 18.4 Å². The molecule has 0 bridgehead atoms. The van der Waals surface area contributed by atoms with E-state index < -0.39 is 17.7 Å². The molecule has 0 aromatic heterocycles. The molecule has 2 rings (SSSR count). The first-order valence-corrected chi connectivity index (χ1v) is 8.34. The van der Waals surface area contributed by atoms with Crippen molar-refractivity contribution in [2.24, 2.45) is 5.92 Å². The zero-order valence-electron chi connectivity index (χ0n) is 14.7. The number of likely N-dealkylation sites (tertiary alicyclic amines) is 1. The minimum Gasteiger partial charge on any atom is -0.337 e. The molecular weight excluding hydrogens is 352 g/mol. The van der Waals surface area contributed by atoms with Crippen molar-refractivity contribution < 1.29 is 18.4 Å². The number of rotatable bonds is 3. The maximum Gasteiger partial charge on any atom is 0.321 e. The maximum atomic E-state index is 13.4. The van der Waals surface area contributed by atoms with E-state index in [2.05, 4.69) is 5.32 Å². The standard InChI is InChI=1S/C17H22ClF2N3O2/c1-17(2,3)23-9-10(5-14(23)24)8-22(4)16(25)21-13-7-11(19)6-12(20)15(13)18/h6-7,10H,5,8-9H2,1-4H3,(H,21,25)/t10-/m1/s1. The first-order valence-electron chi connectivity index (χ1n) is 7.96. The molecular formula is C17H22ClF2N3O2. The summed E-state index contributed by atoms with van der Waals surface area (Å²) in [6.07, 6.45) is 0.365. The second-order valence-corrected chi connectivity index (χ2v) is 7.68. The summed E-state index contributed by atoms with van der Waals surface area (Å²) in [6.45, 7) is 6.80. The Morgan fingerprint density at radius 1 is 1.40 bits per heavy atom. The molecule has 1 aliphatic heterocycles. The van der Waals surface area contributed by atoms with Gasteiger partial charge in [0, 0.05) is 44.1 Å². The molecule has 0 spiro atoms. The van der Waals surface area contributed by atoms with Crippen molar-refractivity contribution in [1.82, 2.24) is 9.80 Å². The summed E-state index contributed by atoms with van der Waals surface area (Å²) in [7, 11) is 1.56. The lowest BCUT2D eigenvalue weighted by molar-refractivity contribution is -0.131. The fraction of sp³-hybridized carbons (Fsp3) is 0.529. The van der Waals surface area contributed by atoms with Gasteiger partial charge >= 0.3 is 6.03 Å². The Bertz CT molecular complexity index is 691. The third-order valence-electron chi connectivity index (χ3n) is 4.13. The molecule has 0 radical (unpaired) electrons. The number of carbonyl (C=O) groups is 2. The summed E-state index contributed by atoms with van der Waals surface area (Å²) in [6, 6.07) is 1.05. The average molecular weight is 374 g/mol. The summed E-state index contributed by atoms with van der Waals surface area (Å²) >= 11 is 5.75. The van der Waals surface area contributed by atoms with Crippen LogP contribution < -0.4 is 5.32 Å². The van der Waals surface area contributed by atoms with Gasteiger partial charge in [-0.1, -0.05) is 11.6 Å². The highest BCUT2D eigenvalue weighted by Gasteiger charge is 2.36. The number of urea groups is 1. The lowest BCUT2D eigenvalue weighted by atomic mass is 10.1. The number of carbonyl (C=O) groups excluding carboxylic acids is 2. The van der Waals surface area contributed by atoms with Crippen LogP contribution in [0.5, 0.6) is 0 Å². The highest BCUT2D eigenvalue weighted by Crippen LogP contribution is 2.28. The molecule has 1 aromatic carbocycles. The fourth-order valence-corrected chi connectivity index (χ4v) is 3.04. The predicted octanol–water partition coefficient (Wildman–Crippen LogP) is 3.73. The first-order chi connectivity index (χ1) is 11.5. The van der Waals surface area contributed by atoms with Gasteiger partial charge in [0.25, 0.3) is 0 Å². The van der Waals surface area contributed by atoms with Gasteiger partial charge in [-0.3, -0.25) is 4.79 Å². The Labute approximate surface area is 150 Å². The lowest BCUT2D eigenvalue weighted by Crippen LogP contribution is -2.43. The molecule has 5 nitrogen and oxygen atoms in total. The van der Waals surface area contributed by atoms with E-state index in [-0.39, 0.29) is 28.1 Å².